The van der Waals surface area contributed by atoms with Crippen LogP contribution in [0.3, 0.4) is 0 Å². The summed E-state index contributed by atoms with van der Waals surface area (Å²) in [6.45, 7) is 5.07. The Morgan fingerprint density at radius 2 is 2.04 bits per heavy atom. The quantitative estimate of drug-likeness (QED) is 0.762. The van der Waals surface area contributed by atoms with Gasteiger partial charge >= 0.3 is 5.97 Å². The van der Waals surface area contributed by atoms with Crippen molar-refractivity contribution in [3.63, 3.8) is 0 Å². The van der Waals surface area contributed by atoms with Crippen molar-refractivity contribution < 1.29 is 14.3 Å². The van der Waals surface area contributed by atoms with Crippen LogP contribution in [0.25, 0.3) is 10.2 Å². The first-order chi connectivity index (χ1) is 12.9. The maximum atomic E-state index is 12.4. The Balaban J connectivity index is 1.53. The van der Waals surface area contributed by atoms with Crippen LogP contribution in [0.15, 0.2) is 4.79 Å². The molecule has 0 atom stereocenters. The van der Waals surface area contributed by atoms with Gasteiger partial charge in [0.2, 0.25) is 5.91 Å². The summed E-state index contributed by atoms with van der Waals surface area (Å²) in [5, 5.41) is 0.663. The third-order valence-electron chi connectivity index (χ3n) is 4.93. The van der Waals surface area contributed by atoms with Crippen LogP contribution >= 0.6 is 23.1 Å². The van der Waals surface area contributed by atoms with Gasteiger partial charge in [0, 0.05) is 18.0 Å². The topological polar surface area (TPSA) is 92.4 Å². The molecule has 0 radical (unpaired) electrons. The summed E-state index contributed by atoms with van der Waals surface area (Å²) in [6, 6.07) is 0. The molecule has 2 aromatic heterocycles. The number of aromatic amines is 1. The van der Waals surface area contributed by atoms with E-state index in [1.807, 2.05) is 13.8 Å². The van der Waals surface area contributed by atoms with Crippen molar-refractivity contribution in [3.8, 4) is 0 Å². The van der Waals surface area contributed by atoms with Gasteiger partial charge in [-0.1, -0.05) is 0 Å². The van der Waals surface area contributed by atoms with Gasteiger partial charge < -0.3 is 14.6 Å². The summed E-state index contributed by atoms with van der Waals surface area (Å²) in [7, 11) is 1.39. The molecular weight excluding hydrogens is 386 g/mol. The molecule has 3 rings (SSSR count). The van der Waals surface area contributed by atoms with Gasteiger partial charge in [-0.25, -0.2) is 4.98 Å². The van der Waals surface area contributed by atoms with Crippen LogP contribution in [0.5, 0.6) is 0 Å². The fraction of sp³-hybridized carbons (Fsp3) is 0.556. The van der Waals surface area contributed by atoms with Gasteiger partial charge in [-0.3, -0.25) is 14.4 Å². The Hall–Kier alpha value is -1.87. The zero-order valence-electron chi connectivity index (χ0n) is 15.7. The summed E-state index contributed by atoms with van der Waals surface area (Å²) in [6.07, 6.45) is 1.29. The first-order valence-electron chi connectivity index (χ1n) is 8.83. The molecule has 1 amide bonds. The molecule has 1 aliphatic heterocycles. The highest BCUT2D eigenvalue weighted by molar-refractivity contribution is 7.99. The van der Waals surface area contributed by atoms with Crippen LogP contribution in [0.2, 0.25) is 0 Å². The first-order valence-corrected chi connectivity index (χ1v) is 10.8. The second kappa shape index (κ2) is 8.43. The van der Waals surface area contributed by atoms with Crippen molar-refractivity contribution in [2.75, 3.05) is 26.0 Å². The number of piperidine rings is 1. The van der Waals surface area contributed by atoms with Gasteiger partial charge in [0.15, 0.2) is 0 Å². The molecule has 1 fully saturated rings. The van der Waals surface area contributed by atoms with E-state index in [4.69, 9.17) is 4.74 Å². The normalized spacial score (nSPS) is 15.3. The minimum absolute atomic E-state index is 0.0505. The Labute approximate surface area is 165 Å². The molecule has 0 spiro atoms. The number of carbonyl (C=O) groups excluding carboxylic acids is 2. The highest BCUT2D eigenvalue weighted by Gasteiger charge is 2.27. The third kappa shape index (κ3) is 4.35. The van der Waals surface area contributed by atoms with Crippen molar-refractivity contribution in [1.82, 2.24) is 14.9 Å². The lowest BCUT2D eigenvalue weighted by atomic mass is 9.97. The van der Waals surface area contributed by atoms with Crippen LogP contribution < -0.4 is 5.56 Å². The van der Waals surface area contributed by atoms with Crippen molar-refractivity contribution in [2.45, 2.75) is 32.4 Å². The summed E-state index contributed by atoms with van der Waals surface area (Å²) < 4.78 is 4.77. The molecule has 2 aromatic rings. The number of nitrogens with zero attached hydrogens (tertiary/aromatic N) is 2. The molecule has 1 aliphatic rings. The lowest BCUT2D eigenvalue weighted by molar-refractivity contribution is -0.148. The van der Waals surface area contributed by atoms with E-state index in [0.29, 0.717) is 48.6 Å². The number of hydrogen-bond donors (Lipinski definition) is 1. The molecule has 1 N–H and O–H groups in total. The number of esters is 1. The molecular formula is C18H23N3O4S2. The zero-order chi connectivity index (χ0) is 19.6. The number of rotatable bonds is 5. The molecule has 146 valence electrons. The summed E-state index contributed by atoms with van der Waals surface area (Å²) >= 11 is 2.96. The second-order valence-corrected chi connectivity index (χ2v) is 8.84. The minimum atomic E-state index is -0.194. The molecule has 0 aliphatic carbocycles. The molecule has 27 heavy (non-hydrogen) atoms. The van der Waals surface area contributed by atoms with E-state index in [0.717, 1.165) is 15.3 Å². The Bertz CT molecular complexity index is 913. The Morgan fingerprint density at radius 1 is 1.33 bits per heavy atom. The maximum Gasteiger partial charge on any atom is 0.308 e. The number of aryl methyl sites for hydroxylation is 2. The van der Waals surface area contributed by atoms with E-state index >= 15 is 0 Å². The Kier molecular flexibility index (Phi) is 6.21. The number of ether oxygens (including phenoxy) is 1. The molecule has 0 aromatic carbocycles. The lowest BCUT2D eigenvalue weighted by Crippen LogP contribution is -2.41. The number of H-pyrrole nitrogens is 1. The van der Waals surface area contributed by atoms with Gasteiger partial charge in [-0.05, 0) is 32.3 Å². The highest BCUT2D eigenvalue weighted by Crippen LogP contribution is 2.26. The molecule has 9 heteroatoms. The van der Waals surface area contributed by atoms with E-state index in [1.54, 1.807) is 4.90 Å². The summed E-state index contributed by atoms with van der Waals surface area (Å²) in [5.74, 6) is 1.15. The number of hydrogen-bond acceptors (Lipinski definition) is 7. The molecule has 0 bridgehead atoms. The fourth-order valence-electron chi connectivity index (χ4n) is 3.23. The van der Waals surface area contributed by atoms with Crippen LogP contribution in [-0.4, -0.2) is 52.7 Å². The highest BCUT2D eigenvalue weighted by atomic mass is 32.2. The zero-order valence-corrected chi connectivity index (χ0v) is 17.3. The number of amides is 1. The lowest BCUT2D eigenvalue weighted by Gasteiger charge is -2.30. The summed E-state index contributed by atoms with van der Waals surface area (Å²) in [4.78, 5) is 47.2. The number of fused-ring (bicyclic) bond motifs is 1. The number of nitrogens with one attached hydrogen (secondary N) is 1. The molecule has 0 saturated carbocycles. The monoisotopic (exact) mass is 409 g/mol. The average molecular weight is 410 g/mol. The number of thioether (sulfide) groups is 1. The van der Waals surface area contributed by atoms with Crippen molar-refractivity contribution in [2.24, 2.45) is 5.92 Å². The van der Waals surface area contributed by atoms with Crippen molar-refractivity contribution >= 4 is 45.2 Å². The molecule has 3 heterocycles. The van der Waals surface area contributed by atoms with E-state index in [-0.39, 0.29) is 23.4 Å². The second-order valence-electron chi connectivity index (χ2n) is 6.65. The van der Waals surface area contributed by atoms with Crippen LogP contribution in [-0.2, 0) is 20.1 Å². The summed E-state index contributed by atoms with van der Waals surface area (Å²) in [5.41, 5.74) is 0.863. The van der Waals surface area contributed by atoms with Crippen molar-refractivity contribution in [3.05, 3.63) is 26.6 Å². The van der Waals surface area contributed by atoms with Crippen LogP contribution in [0.4, 0.5) is 0 Å². The molecule has 1 saturated heterocycles. The van der Waals surface area contributed by atoms with Crippen LogP contribution in [0, 0.1) is 19.8 Å². The van der Waals surface area contributed by atoms with Gasteiger partial charge in [-0.2, -0.15) is 0 Å². The van der Waals surface area contributed by atoms with E-state index in [9.17, 15) is 14.4 Å². The van der Waals surface area contributed by atoms with E-state index < -0.39 is 0 Å². The van der Waals surface area contributed by atoms with Gasteiger partial charge in [0.25, 0.3) is 5.56 Å². The van der Waals surface area contributed by atoms with E-state index in [1.165, 1.54) is 30.2 Å². The molecule has 0 unspecified atom stereocenters. The van der Waals surface area contributed by atoms with Crippen LogP contribution in [0.1, 0.15) is 29.1 Å². The predicted molar refractivity (Wildman–Crippen MR) is 107 cm³/mol. The van der Waals surface area contributed by atoms with E-state index in [2.05, 4.69) is 9.97 Å². The van der Waals surface area contributed by atoms with Crippen molar-refractivity contribution in [1.29, 1.82) is 0 Å². The largest absolute Gasteiger partial charge is 0.469 e. The average Bonchev–Trinajstić information content (AvgIpc) is 2.95. The molecule has 7 nitrogen and oxygen atoms in total. The van der Waals surface area contributed by atoms with Gasteiger partial charge in [0.1, 0.15) is 10.7 Å². The number of aromatic nitrogens is 2. The minimum Gasteiger partial charge on any atom is -0.469 e. The maximum absolute atomic E-state index is 12.4. The predicted octanol–water partition coefficient (Wildman–Crippen LogP) is 2.25. The number of thiophene rings is 1. The standard InChI is InChI=1S/C18H23N3O4S2/c1-10-11(2)27-17-15(10)16(23)19-13(20-17)8-26-9-14(22)21-6-4-12(5-7-21)18(24)25-3/h12H,4-9H2,1-3H3,(H,19,20,23). The number of carbonyl (C=O) groups is 2. The number of likely N-dealkylation sites (tertiary alicyclic amines) is 1. The van der Waals surface area contributed by atoms with Gasteiger partial charge in [0.05, 0.1) is 29.9 Å². The van der Waals surface area contributed by atoms with Gasteiger partial charge in [-0.15, -0.1) is 23.1 Å². The smallest absolute Gasteiger partial charge is 0.308 e. The number of methoxy groups -OCH3 is 1. The SMILES string of the molecule is COC(=O)C1CCN(C(=O)CSCc2nc3sc(C)c(C)c3c(=O)[nH]2)CC1. The third-order valence-corrected chi connectivity index (χ3v) is 6.96. The fourth-order valence-corrected chi connectivity index (χ4v) is 5.06. The first kappa shape index (κ1) is 19.9. The Morgan fingerprint density at radius 3 is 2.70 bits per heavy atom.